The van der Waals surface area contributed by atoms with E-state index in [-0.39, 0.29) is 0 Å². The molecular formula is C15H34Al2. The average molecular weight is 268 g/mol. The first-order valence-electron chi connectivity index (χ1n) is 7.53. The van der Waals surface area contributed by atoms with Crippen LogP contribution in [0.1, 0.15) is 54.9 Å². The molecular weight excluding hydrogens is 234 g/mol. The zero-order valence-electron chi connectivity index (χ0n) is 13.4. The summed E-state index contributed by atoms with van der Waals surface area (Å²) in [6, 6.07) is 0. The van der Waals surface area contributed by atoms with Gasteiger partial charge in [0.15, 0.2) is 0 Å². The van der Waals surface area contributed by atoms with E-state index in [1.165, 1.54) is 11.7 Å². The molecule has 0 aliphatic carbocycles. The van der Waals surface area contributed by atoms with E-state index in [2.05, 4.69) is 64.8 Å². The van der Waals surface area contributed by atoms with Gasteiger partial charge in [-0.2, -0.15) is 0 Å². The monoisotopic (exact) mass is 268 g/mol. The maximum absolute atomic E-state index is 2.66. The van der Waals surface area contributed by atoms with Gasteiger partial charge in [-0.3, -0.25) is 0 Å². The summed E-state index contributed by atoms with van der Waals surface area (Å²) in [6.07, 6.45) is 1.28. The molecule has 0 aromatic rings. The fourth-order valence-corrected chi connectivity index (χ4v) is 6.87. The highest BCUT2D eigenvalue weighted by molar-refractivity contribution is 6.58. The van der Waals surface area contributed by atoms with E-state index in [0.717, 1.165) is 17.8 Å². The van der Waals surface area contributed by atoms with Gasteiger partial charge in [0.25, 0.3) is 14.1 Å². The average Bonchev–Trinajstić information content (AvgIpc) is 2.14. The van der Waals surface area contributed by atoms with Crippen molar-refractivity contribution in [1.29, 1.82) is 0 Å². The maximum Gasteiger partial charge on any atom is 0.262 e. The lowest BCUT2D eigenvalue weighted by Gasteiger charge is -2.17. The first-order chi connectivity index (χ1) is 7.83. The number of rotatable bonds is 7. The first-order valence-corrected chi connectivity index (χ1v) is 10.8. The molecule has 0 saturated carbocycles. The lowest BCUT2D eigenvalue weighted by molar-refractivity contribution is 0.659. The quantitative estimate of drug-likeness (QED) is 0.540. The lowest BCUT2D eigenvalue weighted by Crippen LogP contribution is -2.19. The second kappa shape index (κ2) is 13.5. The molecule has 17 heavy (non-hydrogen) atoms. The Hall–Kier alpha value is 1.06. The van der Waals surface area contributed by atoms with Crippen LogP contribution in [0, 0.1) is 17.8 Å². The molecule has 0 aromatic heterocycles. The van der Waals surface area contributed by atoms with Gasteiger partial charge in [-0.05, 0) is 0 Å². The number of hydrogen-bond acceptors (Lipinski definition) is 0. The molecule has 0 spiro atoms. The standard InChI is InChI=1S/3C4H9.C3H7.2Al/c3*1-4(2)3;1-3-2;;/h3*4H,1H2,2-3H3;1,3H2,2H3;;. The highest BCUT2D eigenvalue weighted by Gasteiger charge is 2.20. The van der Waals surface area contributed by atoms with Crippen molar-refractivity contribution >= 4 is 30.4 Å². The molecule has 0 heterocycles. The van der Waals surface area contributed by atoms with Crippen molar-refractivity contribution in [3.05, 3.63) is 0 Å². The minimum atomic E-state index is -0.407. The van der Waals surface area contributed by atoms with Crippen LogP contribution < -0.4 is 0 Å². The normalized spacial score (nSPS) is 10.7. The molecule has 0 saturated heterocycles. The molecule has 0 unspecified atom stereocenters. The van der Waals surface area contributed by atoms with Gasteiger partial charge >= 0.3 is 0 Å². The molecule has 0 aromatic carbocycles. The van der Waals surface area contributed by atoms with Crippen LogP contribution in [-0.2, 0) is 0 Å². The summed E-state index contributed by atoms with van der Waals surface area (Å²) < 4.78 is 0. The van der Waals surface area contributed by atoms with Crippen LogP contribution in [0.15, 0.2) is 0 Å². The summed E-state index contributed by atoms with van der Waals surface area (Å²) in [5.74, 6) is 2.78. The van der Waals surface area contributed by atoms with Gasteiger partial charge in [-0.15, -0.1) is 5.28 Å². The zero-order valence-corrected chi connectivity index (χ0v) is 15.7. The smallest absolute Gasteiger partial charge is 0.118 e. The first kappa shape index (κ1) is 20.4. The van der Waals surface area contributed by atoms with E-state index in [9.17, 15) is 0 Å². The Morgan fingerprint density at radius 1 is 0.765 bits per heavy atom. The Bertz CT molecular complexity index is 116. The predicted octanol–water partition coefficient (Wildman–Crippen LogP) is 5.43. The molecule has 0 amide bonds. The van der Waals surface area contributed by atoms with Gasteiger partial charge in [-0.25, -0.2) is 0 Å². The predicted molar refractivity (Wildman–Crippen MR) is 85.5 cm³/mol. The molecule has 0 atom stereocenters. The molecule has 2 radical (unpaired) electrons. The minimum Gasteiger partial charge on any atom is -0.118 e. The third-order valence-corrected chi connectivity index (χ3v) is 8.11. The van der Waals surface area contributed by atoms with E-state index in [4.69, 9.17) is 0 Å². The second-order valence-electron chi connectivity index (χ2n) is 6.54. The molecule has 0 N–H and O–H groups in total. The molecule has 0 aliphatic rings. The Morgan fingerprint density at radius 2 is 1.00 bits per heavy atom. The Labute approximate surface area is 124 Å². The van der Waals surface area contributed by atoms with E-state index in [0.29, 0.717) is 0 Å². The van der Waals surface area contributed by atoms with Crippen LogP contribution in [0.4, 0.5) is 0 Å². The van der Waals surface area contributed by atoms with Crippen molar-refractivity contribution in [1.82, 2.24) is 0 Å². The van der Waals surface area contributed by atoms with Crippen LogP contribution in [0.25, 0.3) is 0 Å². The van der Waals surface area contributed by atoms with Gasteiger partial charge < -0.3 is 0 Å². The Morgan fingerprint density at radius 3 is 1.12 bits per heavy atom. The second-order valence-corrected chi connectivity index (χ2v) is 10.3. The van der Waals surface area contributed by atoms with Crippen molar-refractivity contribution < 1.29 is 0 Å². The van der Waals surface area contributed by atoms with Crippen LogP contribution in [0.2, 0.25) is 21.1 Å². The lowest BCUT2D eigenvalue weighted by atomic mass is 10.2. The topological polar surface area (TPSA) is 0 Å². The summed E-state index contributed by atoms with van der Waals surface area (Å²) in [4.78, 5) is 0. The summed E-state index contributed by atoms with van der Waals surface area (Å²) in [7, 11) is 0. The van der Waals surface area contributed by atoms with Crippen molar-refractivity contribution in [2.75, 3.05) is 0 Å². The Kier molecular flexibility index (Phi) is 16.2. The Balaban J connectivity index is 0. The fourth-order valence-electron chi connectivity index (χ4n) is 2.29. The third-order valence-electron chi connectivity index (χ3n) is 2.70. The van der Waals surface area contributed by atoms with Gasteiger partial charge in [-0.1, -0.05) is 88.5 Å². The summed E-state index contributed by atoms with van der Waals surface area (Å²) in [6.45, 7) is 16.4. The summed E-state index contributed by atoms with van der Waals surface area (Å²) in [5, 5.41) is 5.89. The zero-order chi connectivity index (χ0) is 13.8. The van der Waals surface area contributed by atoms with Crippen molar-refractivity contribution in [3.8, 4) is 0 Å². The molecule has 0 bridgehead atoms. The molecule has 0 fully saturated rings. The summed E-state index contributed by atoms with van der Waals surface area (Å²) in [5.41, 5.74) is 0. The highest BCUT2D eigenvalue weighted by atomic mass is 27.2. The van der Waals surface area contributed by atoms with Gasteiger partial charge in [0.2, 0.25) is 0 Å². The van der Waals surface area contributed by atoms with E-state index in [1.807, 2.05) is 0 Å². The van der Waals surface area contributed by atoms with Crippen LogP contribution >= 0.6 is 0 Å². The van der Waals surface area contributed by atoms with Crippen molar-refractivity contribution in [3.63, 3.8) is 0 Å². The number of hydrogen-bond donors (Lipinski definition) is 0. The van der Waals surface area contributed by atoms with E-state index < -0.39 is 14.1 Å². The molecule has 2 heteroatoms. The van der Waals surface area contributed by atoms with Crippen LogP contribution in [-0.4, -0.2) is 30.4 Å². The van der Waals surface area contributed by atoms with E-state index in [1.54, 1.807) is 15.8 Å². The van der Waals surface area contributed by atoms with E-state index >= 15 is 0 Å². The van der Waals surface area contributed by atoms with Crippen LogP contribution in [0.3, 0.4) is 0 Å². The minimum absolute atomic E-state index is 0.407. The third kappa shape index (κ3) is 19.6. The van der Waals surface area contributed by atoms with Gasteiger partial charge in [0.05, 0.1) is 0 Å². The molecule has 0 aliphatic heterocycles. The molecule has 100 valence electrons. The van der Waals surface area contributed by atoms with Gasteiger partial charge in [0, 0.05) is 0 Å². The molecule has 0 rings (SSSR count). The van der Waals surface area contributed by atoms with Crippen molar-refractivity contribution in [2.45, 2.75) is 76.0 Å². The highest BCUT2D eigenvalue weighted by Crippen LogP contribution is 2.20. The van der Waals surface area contributed by atoms with Gasteiger partial charge in [0.1, 0.15) is 16.3 Å². The van der Waals surface area contributed by atoms with Crippen LogP contribution in [0.5, 0.6) is 0 Å². The maximum atomic E-state index is 2.66. The fraction of sp³-hybridized carbons (Fsp3) is 1.00. The SMILES string of the molecule is CC(C)[CH2][Al]([CH2]C(C)C)[CH2]C(C)C.CC[CH2][Al]. The summed E-state index contributed by atoms with van der Waals surface area (Å²) >= 11 is 2.25. The van der Waals surface area contributed by atoms with Crippen molar-refractivity contribution in [2.24, 2.45) is 17.8 Å². The molecule has 0 nitrogen and oxygen atoms in total. The largest absolute Gasteiger partial charge is 0.262 e.